The highest BCUT2D eigenvalue weighted by molar-refractivity contribution is 4.50. The van der Waals surface area contributed by atoms with Crippen LogP contribution in [0.1, 0.15) is 0 Å². The molecule has 0 spiro atoms. The highest BCUT2D eigenvalue weighted by atomic mass is 19.1. The molecule has 0 aliphatic heterocycles. The number of halogens is 1. The first-order valence-corrected chi connectivity index (χ1v) is 1.35. The first-order valence-electron chi connectivity index (χ1n) is 1.35. The van der Waals surface area contributed by atoms with Crippen LogP contribution in [-0.2, 0) is 0 Å². The van der Waals surface area contributed by atoms with Gasteiger partial charge >= 0.3 is 0 Å². The Morgan fingerprint density at radius 1 is 2.00 bits per heavy atom. The topological polar surface area (TPSA) is 20.2 Å². The molecule has 0 bridgehead atoms. The maximum absolute atomic E-state index is 11.1. The second-order valence-electron chi connectivity index (χ2n) is 0.780. The largest absolute Gasteiger partial charge is 0.393 e. The highest BCUT2D eigenvalue weighted by Gasteiger charge is 1.87. The van der Waals surface area contributed by atoms with Crippen LogP contribution in [0.3, 0.4) is 0 Å². The third kappa shape index (κ3) is 3.89. The van der Waals surface area contributed by atoms with E-state index in [1.54, 1.807) is 0 Å². The molecule has 1 unspecified atom stereocenters. The minimum absolute atomic E-state index is 0.472. The molecule has 0 fully saturated rings. The monoisotopic (exact) mass is 77.0 g/mol. The van der Waals surface area contributed by atoms with E-state index >= 15 is 0 Å². The van der Waals surface area contributed by atoms with Crippen LogP contribution in [0.25, 0.3) is 0 Å². The average Bonchev–Trinajstić information content (AvgIpc) is 1.38. The number of aliphatic hydroxyl groups is 1. The molecule has 1 N–H and O–H groups in total. The Labute approximate surface area is 30.4 Å². The van der Waals surface area contributed by atoms with Crippen LogP contribution < -0.4 is 0 Å². The molecular formula is C3H6FO. The van der Waals surface area contributed by atoms with Gasteiger partial charge in [0.05, 0.1) is 6.61 Å². The average molecular weight is 77.1 g/mol. The molecule has 5 heavy (non-hydrogen) atoms. The summed E-state index contributed by atoms with van der Waals surface area (Å²) in [5.74, 6) is 0. The second kappa shape index (κ2) is 2.15. The molecule has 0 rings (SSSR count). The minimum Gasteiger partial charge on any atom is -0.393 e. The van der Waals surface area contributed by atoms with Gasteiger partial charge in [-0.2, -0.15) is 0 Å². The third-order valence-electron chi connectivity index (χ3n) is 0.198. The zero-order valence-corrected chi connectivity index (χ0v) is 2.82. The maximum Gasteiger partial charge on any atom is 0.123 e. The molecule has 0 aliphatic carbocycles. The van der Waals surface area contributed by atoms with Gasteiger partial charge in [-0.25, -0.2) is 4.39 Å². The predicted molar refractivity (Wildman–Crippen MR) is 17.3 cm³/mol. The lowest BCUT2D eigenvalue weighted by atomic mass is 10.5. The summed E-state index contributed by atoms with van der Waals surface area (Å²) in [5, 5.41) is 7.71. The quantitative estimate of drug-likeness (QED) is 0.472. The molecule has 1 radical (unpaired) electrons. The molecule has 0 saturated heterocycles. The van der Waals surface area contributed by atoms with Gasteiger partial charge in [0.25, 0.3) is 0 Å². The van der Waals surface area contributed by atoms with Crippen molar-refractivity contribution in [1.82, 2.24) is 0 Å². The van der Waals surface area contributed by atoms with Crippen LogP contribution in [0.15, 0.2) is 0 Å². The fraction of sp³-hybridized carbons (Fsp3) is 0.667. The summed E-state index contributed by atoms with van der Waals surface area (Å²) in [6.07, 6.45) is -1.31. The van der Waals surface area contributed by atoms with E-state index in [1.165, 1.54) is 0 Å². The van der Waals surface area contributed by atoms with Crippen LogP contribution >= 0.6 is 0 Å². The van der Waals surface area contributed by atoms with Crippen molar-refractivity contribution in [2.45, 2.75) is 6.17 Å². The van der Waals surface area contributed by atoms with Gasteiger partial charge < -0.3 is 5.11 Å². The van der Waals surface area contributed by atoms with Crippen LogP contribution in [-0.4, -0.2) is 17.9 Å². The third-order valence-corrected chi connectivity index (χ3v) is 0.198. The lowest BCUT2D eigenvalue weighted by Crippen LogP contribution is -1.97. The van der Waals surface area contributed by atoms with E-state index in [0.717, 1.165) is 0 Å². The number of hydrogen-bond donors (Lipinski definition) is 1. The summed E-state index contributed by atoms with van der Waals surface area (Å²) in [4.78, 5) is 0. The van der Waals surface area contributed by atoms with Gasteiger partial charge in [-0.05, 0) is 6.92 Å². The van der Waals surface area contributed by atoms with E-state index in [1.807, 2.05) is 0 Å². The molecule has 0 aliphatic rings. The summed E-state index contributed by atoms with van der Waals surface area (Å²) in [7, 11) is 0. The number of aliphatic hydroxyl groups excluding tert-OH is 1. The van der Waals surface area contributed by atoms with Gasteiger partial charge in [0.15, 0.2) is 0 Å². The van der Waals surface area contributed by atoms with Crippen molar-refractivity contribution in [3.8, 4) is 0 Å². The summed E-state index contributed by atoms with van der Waals surface area (Å²) in [5.41, 5.74) is 0. The van der Waals surface area contributed by atoms with Crippen LogP contribution in [0, 0.1) is 6.92 Å². The molecule has 0 saturated carbocycles. The first-order chi connectivity index (χ1) is 2.27. The summed E-state index contributed by atoms with van der Waals surface area (Å²) < 4.78 is 11.1. The van der Waals surface area contributed by atoms with E-state index in [4.69, 9.17) is 5.11 Å². The Balaban J connectivity index is 2.54. The molecule has 31 valence electrons. The fourth-order valence-corrected chi connectivity index (χ4v) is 0. The second-order valence-corrected chi connectivity index (χ2v) is 0.780. The van der Waals surface area contributed by atoms with Crippen LogP contribution in [0.2, 0.25) is 0 Å². The Morgan fingerprint density at radius 3 is 2.20 bits per heavy atom. The van der Waals surface area contributed by atoms with Crippen molar-refractivity contribution in [2.75, 3.05) is 6.61 Å². The predicted octanol–water partition coefficient (Wildman–Crippen LogP) is 0.151. The Bertz CT molecular complexity index is 20.9. The van der Waals surface area contributed by atoms with Gasteiger partial charge in [0.1, 0.15) is 6.17 Å². The van der Waals surface area contributed by atoms with Gasteiger partial charge in [-0.3, -0.25) is 0 Å². The number of alkyl halides is 1. The van der Waals surface area contributed by atoms with E-state index in [0.29, 0.717) is 0 Å². The molecule has 0 heterocycles. The van der Waals surface area contributed by atoms with Gasteiger partial charge in [-0.1, -0.05) is 0 Å². The van der Waals surface area contributed by atoms with Crippen LogP contribution in [0.4, 0.5) is 4.39 Å². The highest BCUT2D eigenvalue weighted by Crippen LogP contribution is 1.78. The van der Waals surface area contributed by atoms with Gasteiger partial charge in [0, 0.05) is 0 Å². The van der Waals surface area contributed by atoms with Crippen molar-refractivity contribution >= 4 is 0 Å². The maximum atomic E-state index is 11.1. The lowest BCUT2D eigenvalue weighted by Gasteiger charge is -1.85. The molecule has 0 aromatic carbocycles. The van der Waals surface area contributed by atoms with Crippen molar-refractivity contribution in [3.05, 3.63) is 6.92 Å². The Morgan fingerprint density at radius 2 is 2.20 bits per heavy atom. The normalized spacial score (nSPS) is 15.0. The lowest BCUT2D eigenvalue weighted by molar-refractivity contribution is 0.208. The van der Waals surface area contributed by atoms with Crippen molar-refractivity contribution < 1.29 is 9.50 Å². The molecular weight excluding hydrogens is 71.0 g/mol. The number of hydrogen-bond acceptors (Lipinski definition) is 1. The van der Waals surface area contributed by atoms with E-state index in [9.17, 15) is 4.39 Å². The zero-order valence-electron chi connectivity index (χ0n) is 2.82. The molecule has 0 aromatic heterocycles. The van der Waals surface area contributed by atoms with Gasteiger partial charge in [0.2, 0.25) is 0 Å². The van der Waals surface area contributed by atoms with Crippen molar-refractivity contribution in [1.29, 1.82) is 0 Å². The Hall–Kier alpha value is -0.110. The smallest absolute Gasteiger partial charge is 0.123 e. The summed E-state index contributed by atoms with van der Waals surface area (Å²) >= 11 is 0. The standard InChI is InChI=1S/C3H6FO/c1-3(4)2-5/h3,5H,1-2H2. The van der Waals surface area contributed by atoms with Crippen LogP contribution in [0.5, 0.6) is 0 Å². The minimum atomic E-state index is -1.31. The van der Waals surface area contributed by atoms with Gasteiger partial charge in [-0.15, -0.1) is 0 Å². The molecule has 0 aromatic rings. The van der Waals surface area contributed by atoms with Crippen molar-refractivity contribution in [3.63, 3.8) is 0 Å². The SMILES string of the molecule is [CH2]C(F)CO. The summed E-state index contributed by atoms with van der Waals surface area (Å²) in [6.45, 7) is 2.37. The molecule has 0 amide bonds. The zero-order chi connectivity index (χ0) is 4.28. The molecule has 1 nitrogen and oxygen atoms in total. The molecule has 1 atom stereocenters. The van der Waals surface area contributed by atoms with E-state index in [-0.39, 0.29) is 0 Å². The van der Waals surface area contributed by atoms with E-state index in [2.05, 4.69) is 6.92 Å². The fourth-order valence-electron chi connectivity index (χ4n) is 0. The summed E-state index contributed by atoms with van der Waals surface area (Å²) in [6, 6.07) is 0. The molecule has 2 heteroatoms. The van der Waals surface area contributed by atoms with E-state index < -0.39 is 12.8 Å². The van der Waals surface area contributed by atoms with Crippen molar-refractivity contribution in [2.24, 2.45) is 0 Å². The Kier molecular flexibility index (Phi) is 2.10. The first kappa shape index (κ1) is 4.89. The number of rotatable bonds is 1.